The first-order valence-electron chi connectivity index (χ1n) is 8.94. The molecule has 0 radical (unpaired) electrons. The zero-order chi connectivity index (χ0) is 20.8. The minimum Gasteiger partial charge on any atom is -0.497 e. The number of amides is 1. The normalized spacial score (nSPS) is 10.4. The van der Waals surface area contributed by atoms with E-state index in [0.29, 0.717) is 29.8 Å². The van der Waals surface area contributed by atoms with E-state index in [4.69, 9.17) is 15.2 Å². The highest BCUT2D eigenvalue weighted by atomic mass is 16.5. The molecule has 0 bridgehead atoms. The first-order valence-corrected chi connectivity index (χ1v) is 8.94. The molecule has 1 amide bonds. The lowest BCUT2D eigenvalue weighted by molar-refractivity contribution is 0.100. The summed E-state index contributed by atoms with van der Waals surface area (Å²) in [5, 5.41) is 10.4. The van der Waals surface area contributed by atoms with Gasteiger partial charge in [-0.2, -0.15) is 10.1 Å². The molecule has 3 rings (SSSR count). The van der Waals surface area contributed by atoms with Crippen LogP contribution in [-0.2, 0) is 13.1 Å². The molecule has 4 N–H and O–H groups in total. The molecule has 10 nitrogen and oxygen atoms in total. The number of nitrogens with zero attached hydrogens (tertiary/aromatic N) is 4. The van der Waals surface area contributed by atoms with E-state index in [1.54, 1.807) is 31.2 Å². The molecule has 3 aromatic rings. The number of primary amides is 1. The number of methoxy groups -OCH3 is 2. The SMILES string of the molecule is CCn1cc(Nc2ncc(C(N)=O)c(NCc3cc(OC)cc(OC)c3)n2)cn1. The Morgan fingerprint density at radius 2 is 1.90 bits per heavy atom. The van der Waals surface area contributed by atoms with E-state index in [2.05, 4.69) is 25.7 Å². The van der Waals surface area contributed by atoms with E-state index >= 15 is 0 Å². The topological polar surface area (TPSA) is 129 Å². The van der Waals surface area contributed by atoms with Gasteiger partial charge in [-0.05, 0) is 24.6 Å². The lowest BCUT2D eigenvalue weighted by Gasteiger charge is -2.12. The largest absolute Gasteiger partial charge is 0.497 e. The second kappa shape index (κ2) is 8.91. The van der Waals surface area contributed by atoms with Crippen LogP contribution in [0.1, 0.15) is 22.8 Å². The van der Waals surface area contributed by atoms with Gasteiger partial charge in [0, 0.05) is 31.5 Å². The van der Waals surface area contributed by atoms with Crippen LogP contribution in [0.2, 0.25) is 0 Å². The van der Waals surface area contributed by atoms with Crippen molar-refractivity contribution in [1.82, 2.24) is 19.7 Å². The number of anilines is 3. The fraction of sp³-hybridized carbons (Fsp3) is 0.263. The number of aromatic nitrogens is 4. The minimum atomic E-state index is -0.624. The van der Waals surface area contributed by atoms with Gasteiger partial charge < -0.3 is 25.8 Å². The van der Waals surface area contributed by atoms with Gasteiger partial charge in [0.2, 0.25) is 5.95 Å². The summed E-state index contributed by atoms with van der Waals surface area (Å²) in [5.41, 5.74) is 7.28. The third-order valence-electron chi connectivity index (χ3n) is 4.14. The molecule has 1 aromatic carbocycles. The van der Waals surface area contributed by atoms with E-state index in [9.17, 15) is 4.79 Å². The van der Waals surface area contributed by atoms with Gasteiger partial charge in [0.05, 0.1) is 31.7 Å². The number of ether oxygens (including phenoxy) is 2. The van der Waals surface area contributed by atoms with Crippen molar-refractivity contribution in [3.63, 3.8) is 0 Å². The van der Waals surface area contributed by atoms with Gasteiger partial charge in [-0.15, -0.1) is 0 Å². The maximum Gasteiger partial charge on any atom is 0.254 e. The number of rotatable bonds is 9. The van der Waals surface area contributed by atoms with Crippen LogP contribution in [0.4, 0.5) is 17.5 Å². The Morgan fingerprint density at radius 3 is 2.48 bits per heavy atom. The van der Waals surface area contributed by atoms with Crippen molar-refractivity contribution in [2.75, 3.05) is 24.9 Å². The number of carbonyl (C=O) groups is 1. The molecule has 0 spiro atoms. The van der Waals surface area contributed by atoms with Gasteiger partial charge in [-0.1, -0.05) is 0 Å². The van der Waals surface area contributed by atoms with Crippen LogP contribution >= 0.6 is 0 Å². The molecule has 0 fully saturated rings. The molecule has 0 aliphatic heterocycles. The van der Waals surface area contributed by atoms with E-state index in [-0.39, 0.29) is 5.56 Å². The maximum atomic E-state index is 11.8. The smallest absolute Gasteiger partial charge is 0.254 e. The van der Waals surface area contributed by atoms with E-state index in [1.165, 1.54) is 6.20 Å². The van der Waals surface area contributed by atoms with Crippen LogP contribution in [0, 0.1) is 0 Å². The van der Waals surface area contributed by atoms with Gasteiger partial charge in [-0.3, -0.25) is 9.48 Å². The average Bonchev–Trinajstić information content (AvgIpc) is 3.19. The van der Waals surface area contributed by atoms with Crippen molar-refractivity contribution in [3.05, 3.63) is 47.9 Å². The molecule has 2 heterocycles. The van der Waals surface area contributed by atoms with E-state index in [0.717, 1.165) is 17.8 Å². The summed E-state index contributed by atoms with van der Waals surface area (Å²) in [6.07, 6.45) is 4.89. The zero-order valence-electron chi connectivity index (χ0n) is 16.5. The van der Waals surface area contributed by atoms with Crippen molar-refractivity contribution >= 4 is 23.4 Å². The molecule has 152 valence electrons. The molecule has 2 aromatic heterocycles. The molecule has 29 heavy (non-hydrogen) atoms. The Bertz CT molecular complexity index is 981. The summed E-state index contributed by atoms with van der Waals surface area (Å²) in [5.74, 6) is 1.33. The van der Waals surface area contributed by atoms with Crippen LogP contribution in [0.15, 0.2) is 36.8 Å². The maximum absolute atomic E-state index is 11.8. The quantitative estimate of drug-likeness (QED) is 0.501. The van der Waals surface area contributed by atoms with Gasteiger partial charge >= 0.3 is 0 Å². The number of nitrogens with two attached hydrogens (primary N) is 1. The van der Waals surface area contributed by atoms with Crippen LogP contribution in [0.25, 0.3) is 0 Å². The fourth-order valence-corrected chi connectivity index (χ4v) is 2.64. The summed E-state index contributed by atoms with van der Waals surface area (Å²) >= 11 is 0. The number of aryl methyl sites for hydroxylation is 1. The van der Waals surface area contributed by atoms with Gasteiger partial charge in [0.25, 0.3) is 5.91 Å². The monoisotopic (exact) mass is 397 g/mol. The lowest BCUT2D eigenvalue weighted by Crippen LogP contribution is -2.17. The van der Waals surface area contributed by atoms with Crippen LogP contribution in [0.5, 0.6) is 11.5 Å². The lowest BCUT2D eigenvalue weighted by atomic mass is 10.2. The minimum absolute atomic E-state index is 0.190. The standard InChI is InChI=1S/C19H23N7O3/c1-4-26-11-13(9-23-26)24-19-22-10-16(17(20)27)18(25-19)21-8-12-5-14(28-2)7-15(6-12)29-3/h5-7,9-11H,4,8H2,1-3H3,(H2,20,27)(H2,21,22,24,25). The number of hydrogen-bond donors (Lipinski definition) is 3. The van der Waals surface area contributed by atoms with Crippen LogP contribution in [-0.4, -0.2) is 39.9 Å². The van der Waals surface area contributed by atoms with Crippen LogP contribution in [0.3, 0.4) is 0 Å². The van der Waals surface area contributed by atoms with Gasteiger partial charge in [0.15, 0.2) is 0 Å². The van der Waals surface area contributed by atoms with Crippen molar-refractivity contribution in [2.45, 2.75) is 20.0 Å². The molecule has 0 atom stereocenters. The summed E-state index contributed by atoms with van der Waals surface area (Å²) in [4.78, 5) is 20.3. The summed E-state index contributed by atoms with van der Waals surface area (Å²) < 4.78 is 12.3. The van der Waals surface area contributed by atoms with Crippen molar-refractivity contribution < 1.29 is 14.3 Å². The predicted octanol–water partition coefficient (Wildman–Crippen LogP) is 2.16. The van der Waals surface area contributed by atoms with E-state index < -0.39 is 5.91 Å². The molecule has 0 aliphatic rings. The van der Waals surface area contributed by atoms with Crippen molar-refractivity contribution in [1.29, 1.82) is 0 Å². The van der Waals surface area contributed by atoms with Crippen molar-refractivity contribution in [2.24, 2.45) is 5.73 Å². The third-order valence-corrected chi connectivity index (χ3v) is 4.14. The summed E-state index contributed by atoms with van der Waals surface area (Å²) in [6.45, 7) is 3.11. The molecule has 10 heteroatoms. The Balaban J connectivity index is 1.82. The number of benzene rings is 1. The molecular formula is C19H23N7O3. The molecule has 0 saturated heterocycles. The zero-order valence-corrected chi connectivity index (χ0v) is 16.5. The van der Waals surface area contributed by atoms with Gasteiger partial charge in [-0.25, -0.2) is 4.98 Å². The summed E-state index contributed by atoms with van der Waals surface area (Å²) in [7, 11) is 3.17. The molecular weight excluding hydrogens is 374 g/mol. The molecule has 0 aliphatic carbocycles. The fourth-order valence-electron chi connectivity index (χ4n) is 2.64. The third kappa shape index (κ3) is 4.92. The first kappa shape index (κ1) is 19.9. The van der Waals surface area contributed by atoms with Gasteiger partial charge in [0.1, 0.15) is 17.3 Å². The Labute approximate surface area is 168 Å². The second-order valence-electron chi connectivity index (χ2n) is 6.10. The highest BCUT2D eigenvalue weighted by Gasteiger charge is 2.13. The van der Waals surface area contributed by atoms with Crippen molar-refractivity contribution in [3.8, 4) is 11.5 Å². The van der Waals surface area contributed by atoms with Crippen LogP contribution < -0.4 is 25.8 Å². The Hall–Kier alpha value is -3.82. The summed E-state index contributed by atoms with van der Waals surface area (Å²) in [6, 6.07) is 5.50. The Kier molecular flexibility index (Phi) is 6.12. The molecule has 0 saturated carbocycles. The highest BCUT2D eigenvalue weighted by Crippen LogP contribution is 2.24. The van der Waals surface area contributed by atoms with E-state index in [1.807, 2.05) is 25.3 Å². The average molecular weight is 397 g/mol. The first-order chi connectivity index (χ1) is 14.0. The highest BCUT2D eigenvalue weighted by molar-refractivity contribution is 5.97. The number of carbonyl (C=O) groups excluding carboxylic acids is 1. The second-order valence-corrected chi connectivity index (χ2v) is 6.10. The number of hydrogen-bond acceptors (Lipinski definition) is 8. The Morgan fingerprint density at radius 1 is 1.17 bits per heavy atom. The molecule has 0 unspecified atom stereocenters. The predicted molar refractivity (Wildman–Crippen MR) is 109 cm³/mol. The number of nitrogens with one attached hydrogen (secondary N) is 2.